The zero-order valence-corrected chi connectivity index (χ0v) is 24.6. The molecule has 0 aliphatic carbocycles. The monoisotopic (exact) mass is 579 g/mol. The van der Waals surface area contributed by atoms with Gasteiger partial charge < -0.3 is 31.8 Å². The quantitative estimate of drug-likeness (QED) is 0.166. The Hall–Kier alpha value is -2.70. The molecular formula is C27H41N5O5S2. The van der Waals surface area contributed by atoms with Gasteiger partial charge >= 0.3 is 5.97 Å². The smallest absolute Gasteiger partial charge is 0.326 e. The van der Waals surface area contributed by atoms with E-state index >= 15 is 0 Å². The van der Waals surface area contributed by atoms with Crippen LogP contribution in [0.5, 0.6) is 0 Å². The molecule has 5 unspecified atom stereocenters. The molecule has 3 amide bonds. The number of nitrogens with two attached hydrogens (primary N) is 1. The number of amides is 3. The van der Waals surface area contributed by atoms with E-state index in [4.69, 9.17) is 5.73 Å². The molecule has 2 aromatic rings. The number of benzene rings is 1. The first kappa shape index (κ1) is 32.5. The second kappa shape index (κ2) is 16.4. The van der Waals surface area contributed by atoms with Crippen LogP contribution in [-0.4, -0.2) is 82.0 Å². The minimum atomic E-state index is -1.14. The van der Waals surface area contributed by atoms with Gasteiger partial charge in [0.15, 0.2) is 0 Å². The number of nitrogens with one attached hydrogen (secondary N) is 4. The Morgan fingerprint density at radius 2 is 1.56 bits per heavy atom. The summed E-state index contributed by atoms with van der Waals surface area (Å²) in [5, 5.41) is 18.8. The predicted octanol–water partition coefficient (Wildman–Crippen LogP) is 2.13. The second-order valence-corrected chi connectivity index (χ2v) is 11.5. The number of aliphatic carboxylic acids is 1. The molecule has 1 aromatic carbocycles. The maximum absolute atomic E-state index is 13.5. The number of carboxylic acids is 1. The number of H-pyrrole nitrogens is 1. The van der Waals surface area contributed by atoms with Gasteiger partial charge in [0.25, 0.3) is 0 Å². The van der Waals surface area contributed by atoms with E-state index < -0.39 is 47.9 Å². The van der Waals surface area contributed by atoms with E-state index in [1.165, 1.54) is 11.8 Å². The molecule has 7 N–H and O–H groups in total. The van der Waals surface area contributed by atoms with E-state index in [0.29, 0.717) is 30.8 Å². The largest absolute Gasteiger partial charge is 0.480 e. The Labute approximate surface area is 238 Å². The molecule has 39 heavy (non-hydrogen) atoms. The first-order valence-corrected chi connectivity index (χ1v) is 15.8. The van der Waals surface area contributed by atoms with Crippen LogP contribution in [0.15, 0.2) is 30.5 Å². The summed E-state index contributed by atoms with van der Waals surface area (Å²) in [4.78, 5) is 54.7. The molecule has 0 spiro atoms. The van der Waals surface area contributed by atoms with Gasteiger partial charge in [-0.25, -0.2) is 4.79 Å². The maximum atomic E-state index is 13.5. The normalized spacial score (nSPS) is 15.1. The molecule has 1 aromatic heterocycles. The Kier molecular flexibility index (Phi) is 13.7. The van der Waals surface area contributed by atoms with E-state index in [9.17, 15) is 24.3 Å². The lowest BCUT2D eigenvalue weighted by atomic mass is 9.98. The summed E-state index contributed by atoms with van der Waals surface area (Å²) in [6.07, 6.45) is 7.10. The van der Waals surface area contributed by atoms with Crippen LogP contribution in [0, 0.1) is 5.92 Å². The SMILES string of the molecule is CCC(C)C(NC(=O)C(Cc1c[nH]c2ccccc12)NC(=O)C(CCSC)NC(=O)C(N)CCSC)C(=O)O. The van der Waals surface area contributed by atoms with Crippen LogP contribution in [0.4, 0.5) is 0 Å². The third-order valence-corrected chi connectivity index (χ3v) is 8.01. The Morgan fingerprint density at radius 1 is 0.949 bits per heavy atom. The van der Waals surface area contributed by atoms with Crippen molar-refractivity contribution in [3.8, 4) is 0 Å². The number of aromatic amines is 1. The summed E-state index contributed by atoms with van der Waals surface area (Å²) in [5.41, 5.74) is 7.69. The lowest BCUT2D eigenvalue weighted by Gasteiger charge is -2.26. The first-order chi connectivity index (χ1) is 18.6. The molecule has 12 heteroatoms. The highest BCUT2D eigenvalue weighted by Crippen LogP contribution is 2.20. The summed E-state index contributed by atoms with van der Waals surface area (Å²) in [6, 6.07) is 3.77. The molecule has 0 fully saturated rings. The summed E-state index contributed by atoms with van der Waals surface area (Å²) in [6.45, 7) is 3.60. The van der Waals surface area contributed by atoms with Crippen molar-refractivity contribution in [2.45, 2.75) is 63.7 Å². The maximum Gasteiger partial charge on any atom is 0.326 e. The highest BCUT2D eigenvalue weighted by molar-refractivity contribution is 7.98. The number of thioether (sulfide) groups is 2. The van der Waals surface area contributed by atoms with E-state index in [1.54, 1.807) is 24.9 Å². The second-order valence-electron chi connectivity index (χ2n) is 9.57. The Balaban J connectivity index is 2.30. The van der Waals surface area contributed by atoms with Gasteiger partial charge in [0.1, 0.15) is 18.1 Å². The molecule has 216 valence electrons. The molecular weight excluding hydrogens is 538 g/mol. The van der Waals surface area contributed by atoms with Crippen molar-refractivity contribution in [3.63, 3.8) is 0 Å². The molecule has 0 saturated heterocycles. The van der Waals surface area contributed by atoms with Crippen LogP contribution in [0.3, 0.4) is 0 Å². The number of carboxylic acid groups (broad SMARTS) is 1. The van der Waals surface area contributed by atoms with Crippen molar-refractivity contribution in [2.75, 3.05) is 24.0 Å². The van der Waals surface area contributed by atoms with Gasteiger partial charge in [-0.15, -0.1) is 0 Å². The molecule has 0 aliphatic rings. The van der Waals surface area contributed by atoms with Crippen molar-refractivity contribution in [2.24, 2.45) is 11.7 Å². The zero-order chi connectivity index (χ0) is 28.9. The van der Waals surface area contributed by atoms with Gasteiger partial charge in [0, 0.05) is 23.5 Å². The third-order valence-electron chi connectivity index (χ3n) is 6.72. The summed E-state index contributed by atoms with van der Waals surface area (Å²) >= 11 is 3.11. The third kappa shape index (κ3) is 9.77. The topological polar surface area (TPSA) is 166 Å². The molecule has 5 atom stereocenters. The molecule has 0 saturated carbocycles. The van der Waals surface area contributed by atoms with Crippen molar-refractivity contribution >= 4 is 58.1 Å². The van der Waals surface area contributed by atoms with Crippen LogP contribution in [0.2, 0.25) is 0 Å². The van der Waals surface area contributed by atoms with E-state index in [0.717, 1.165) is 16.5 Å². The fourth-order valence-corrected chi connectivity index (χ4v) is 5.06. The summed E-state index contributed by atoms with van der Waals surface area (Å²) in [5.74, 6) is -1.69. The van der Waals surface area contributed by atoms with Crippen molar-refractivity contribution in [1.29, 1.82) is 0 Å². The number of hydrogen-bond acceptors (Lipinski definition) is 7. The molecule has 0 bridgehead atoms. The van der Waals surface area contributed by atoms with E-state index in [2.05, 4.69) is 20.9 Å². The number of hydrogen-bond donors (Lipinski definition) is 6. The van der Waals surface area contributed by atoms with Crippen LogP contribution in [-0.2, 0) is 25.6 Å². The highest BCUT2D eigenvalue weighted by atomic mass is 32.2. The molecule has 2 rings (SSSR count). The number of fused-ring (bicyclic) bond motifs is 1. The predicted molar refractivity (Wildman–Crippen MR) is 159 cm³/mol. The minimum absolute atomic E-state index is 0.130. The van der Waals surface area contributed by atoms with Gasteiger partial charge in [0.05, 0.1) is 6.04 Å². The first-order valence-electron chi connectivity index (χ1n) is 13.0. The standard InChI is InChI=1S/C27H41N5O5S2/c1-5-16(2)23(27(36)37)32-26(35)22(14-17-15-29-20-9-7-6-8-18(17)20)31-25(34)21(11-13-39-4)30-24(33)19(28)10-12-38-3/h6-9,15-16,19,21-23,29H,5,10-14,28H2,1-4H3,(H,30,33)(H,31,34)(H,32,35)(H,36,37). The van der Waals surface area contributed by atoms with Crippen molar-refractivity contribution in [3.05, 3.63) is 36.0 Å². The zero-order valence-electron chi connectivity index (χ0n) is 23.0. The molecule has 10 nitrogen and oxygen atoms in total. The summed E-state index contributed by atoms with van der Waals surface area (Å²) in [7, 11) is 0. The minimum Gasteiger partial charge on any atom is -0.480 e. The fraction of sp³-hybridized carbons (Fsp3) is 0.556. The van der Waals surface area contributed by atoms with Crippen LogP contribution in [0.1, 0.15) is 38.7 Å². The average molecular weight is 580 g/mol. The lowest BCUT2D eigenvalue weighted by molar-refractivity contribution is -0.143. The van der Waals surface area contributed by atoms with Crippen LogP contribution >= 0.6 is 23.5 Å². The van der Waals surface area contributed by atoms with Crippen molar-refractivity contribution < 1.29 is 24.3 Å². The Morgan fingerprint density at radius 3 is 2.21 bits per heavy atom. The van der Waals surface area contributed by atoms with E-state index in [1.807, 2.05) is 43.7 Å². The van der Waals surface area contributed by atoms with Gasteiger partial charge in [-0.2, -0.15) is 23.5 Å². The van der Waals surface area contributed by atoms with Gasteiger partial charge in [0.2, 0.25) is 17.7 Å². The van der Waals surface area contributed by atoms with Gasteiger partial charge in [-0.05, 0) is 54.4 Å². The van der Waals surface area contributed by atoms with Crippen molar-refractivity contribution in [1.82, 2.24) is 20.9 Å². The molecule has 0 radical (unpaired) electrons. The number of para-hydroxylation sites is 1. The highest BCUT2D eigenvalue weighted by Gasteiger charge is 2.32. The molecule has 1 heterocycles. The Bertz CT molecular complexity index is 1110. The average Bonchev–Trinajstić information content (AvgIpc) is 3.33. The number of carbonyl (C=O) groups is 4. The number of rotatable bonds is 17. The number of aromatic nitrogens is 1. The van der Waals surface area contributed by atoms with Crippen LogP contribution < -0.4 is 21.7 Å². The van der Waals surface area contributed by atoms with Gasteiger partial charge in [-0.1, -0.05) is 38.5 Å². The van der Waals surface area contributed by atoms with Crippen LogP contribution in [0.25, 0.3) is 10.9 Å². The summed E-state index contributed by atoms with van der Waals surface area (Å²) < 4.78 is 0. The van der Waals surface area contributed by atoms with Gasteiger partial charge in [-0.3, -0.25) is 14.4 Å². The fourth-order valence-electron chi connectivity index (χ4n) is 4.10. The molecule has 0 aliphatic heterocycles. The lowest BCUT2D eigenvalue weighted by Crippen LogP contribution is -2.58. The number of carbonyl (C=O) groups excluding carboxylic acids is 3. The van der Waals surface area contributed by atoms with E-state index in [-0.39, 0.29) is 12.3 Å².